The largest absolute Gasteiger partial charge is 0.355 e. The van der Waals surface area contributed by atoms with E-state index in [2.05, 4.69) is 34.3 Å². The zero-order valence-electron chi connectivity index (χ0n) is 10.0. The van der Waals surface area contributed by atoms with Crippen molar-refractivity contribution in [2.24, 2.45) is 0 Å². The Balaban J connectivity index is 2.30. The van der Waals surface area contributed by atoms with Crippen LogP contribution in [0, 0.1) is 0 Å². The Morgan fingerprint density at radius 1 is 1.35 bits per heavy atom. The Morgan fingerprint density at radius 2 is 2.24 bits per heavy atom. The number of hydrogen-bond donors (Lipinski definition) is 0. The molecule has 0 radical (unpaired) electrons. The maximum absolute atomic E-state index is 5.88. The minimum Gasteiger partial charge on any atom is -0.355 e. The van der Waals surface area contributed by atoms with E-state index in [1.54, 1.807) is 11.3 Å². The first-order valence-electron chi connectivity index (χ1n) is 6.00. The predicted octanol–water partition coefficient (Wildman–Crippen LogP) is 4.14. The van der Waals surface area contributed by atoms with Crippen LogP contribution in [0.5, 0.6) is 0 Å². The molecule has 17 heavy (non-hydrogen) atoms. The molecule has 0 bridgehead atoms. The highest BCUT2D eigenvalue weighted by molar-refractivity contribution is 7.17. The third-order valence-corrected chi connectivity index (χ3v) is 3.85. The van der Waals surface area contributed by atoms with Gasteiger partial charge in [-0.1, -0.05) is 13.3 Å². The summed E-state index contributed by atoms with van der Waals surface area (Å²) in [5, 5.41) is 3.37. The molecule has 0 atom stereocenters. The number of pyridine rings is 1. The van der Waals surface area contributed by atoms with Gasteiger partial charge in [0.15, 0.2) is 0 Å². The molecule has 4 heteroatoms. The molecule has 0 fully saturated rings. The van der Waals surface area contributed by atoms with Crippen molar-refractivity contribution < 1.29 is 0 Å². The standard InChI is InChI=1S/C13H17ClN2S/c1-2-3-8-16(9-6-14)13-11-5-10-17-12(11)4-7-15-13/h4-5,7,10H,2-3,6,8-9H2,1H3. The van der Waals surface area contributed by atoms with Gasteiger partial charge in [0.05, 0.1) is 0 Å². The molecule has 0 aromatic carbocycles. The van der Waals surface area contributed by atoms with Gasteiger partial charge in [-0.25, -0.2) is 4.98 Å². The van der Waals surface area contributed by atoms with E-state index in [-0.39, 0.29) is 0 Å². The van der Waals surface area contributed by atoms with Crippen molar-refractivity contribution in [3.05, 3.63) is 23.7 Å². The smallest absolute Gasteiger partial charge is 0.137 e. The van der Waals surface area contributed by atoms with Crippen molar-refractivity contribution in [1.29, 1.82) is 0 Å². The molecule has 2 aromatic rings. The molecule has 0 N–H and O–H groups in total. The summed E-state index contributed by atoms with van der Waals surface area (Å²) in [5.41, 5.74) is 0. The van der Waals surface area contributed by atoms with Crippen LogP contribution in [0.1, 0.15) is 19.8 Å². The molecule has 2 nitrogen and oxygen atoms in total. The summed E-state index contributed by atoms with van der Waals surface area (Å²) >= 11 is 7.64. The van der Waals surface area contributed by atoms with Crippen LogP contribution in [-0.4, -0.2) is 24.0 Å². The molecular formula is C13H17ClN2S. The number of hydrogen-bond acceptors (Lipinski definition) is 3. The van der Waals surface area contributed by atoms with Crippen molar-refractivity contribution in [2.75, 3.05) is 23.9 Å². The molecule has 0 aliphatic rings. The first-order valence-corrected chi connectivity index (χ1v) is 7.41. The van der Waals surface area contributed by atoms with E-state index in [9.17, 15) is 0 Å². The number of unbranched alkanes of at least 4 members (excludes halogenated alkanes) is 1. The van der Waals surface area contributed by atoms with E-state index < -0.39 is 0 Å². The number of nitrogens with zero attached hydrogens (tertiary/aromatic N) is 2. The van der Waals surface area contributed by atoms with Gasteiger partial charge in [-0.15, -0.1) is 22.9 Å². The fraction of sp³-hybridized carbons (Fsp3) is 0.462. The highest BCUT2D eigenvalue weighted by Gasteiger charge is 2.11. The summed E-state index contributed by atoms with van der Waals surface area (Å²) in [6.45, 7) is 4.10. The van der Waals surface area contributed by atoms with Crippen molar-refractivity contribution in [2.45, 2.75) is 19.8 Å². The Bertz CT molecular complexity index is 469. The van der Waals surface area contributed by atoms with Crippen LogP contribution in [-0.2, 0) is 0 Å². The van der Waals surface area contributed by atoms with E-state index in [4.69, 9.17) is 11.6 Å². The van der Waals surface area contributed by atoms with E-state index in [0.717, 1.165) is 18.9 Å². The number of anilines is 1. The second-order valence-electron chi connectivity index (χ2n) is 4.00. The van der Waals surface area contributed by atoms with Crippen LogP contribution >= 0.6 is 22.9 Å². The van der Waals surface area contributed by atoms with E-state index in [1.807, 2.05) is 6.20 Å². The van der Waals surface area contributed by atoms with Gasteiger partial charge in [-0.05, 0) is 23.9 Å². The molecule has 0 spiro atoms. The predicted molar refractivity (Wildman–Crippen MR) is 77.5 cm³/mol. The molecule has 2 rings (SSSR count). The highest BCUT2D eigenvalue weighted by atomic mass is 35.5. The van der Waals surface area contributed by atoms with Crippen molar-refractivity contribution in [3.8, 4) is 0 Å². The molecule has 0 saturated carbocycles. The lowest BCUT2D eigenvalue weighted by Crippen LogP contribution is -2.27. The molecule has 2 aromatic heterocycles. The number of aromatic nitrogens is 1. The van der Waals surface area contributed by atoms with Crippen molar-refractivity contribution in [1.82, 2.24) is 4.98 Å². The number of thiophene rings is 1. The quantitative estimate of drug-likeness (QED) is 0.732. The van der Waals surface area contributed by atoms with Gasteiger partial charge in [-0.3, -0.25) is 0 Å². The third kappa shape index (κ3) is 2.90. The van der Waals surface area contributed by atoms with Crippen LogP contribution in [0.3, 0.4) is 0 Å². The van der Waals surface area contributed by atoms with E-state index in [0.29, 0.717) is 5.88 Å². The number of alkyl halides is 1. The van der Waals surface area contributed by atoms with Crippen LogP contribution < -0.4 is 4.90 Å². The molecule has 92 valence electrons. The summed E-state index contributed by atoms with van der Waals surface area (Å²) in [7, 11) is 0. The molecule has 0 aliphatic carbocycles. The summed E-state index contributed by atoms with van der Waals surface area (Å²) in [5.74, 6) is 1.73. The molecule has 0 unspecified atom stereocenters. The van der Waals surface area contributed by atoms with Gasteiger partial charge < -0.3 is 4.90 Å². The number of rotatable bonds is 6. The first-order chi connectivity index (χ1) is 8.36. The molecule has 0 saturated heterocycles. The van der Waals surface area contributed by atoms with E-state index in [1.165, 1.54) is 22.9 Å². The normalized spacial score (nSPS) is 10.9. The van der Waals surface area contributed by atoms with E-state index >= 15 is 0 Å². The molecule has 2 heterocycles. The summed E-state index contributed by atoms with van der Waals surface area (Å²) in [6.07, 6.45) is 4.26. The number of fused-ring (bicyclic) bond motifs is 1. The van der Waals surface area contributed by atoms with Crippen LogP contribution in [0.4, 0.5) is 5.82 Å². The topological polar surface area (TPSA) is 16.1 Å². The average Bonchev–Trinajstić information content (AvgIpc) is 2.82. The zero-order valence-corrected chi connectivity index (χ0v) is 11.6. The molecular weight excluding hydrogens is 252 g/mol. The van der Waals surface area contributed by atoms with Crippen molar-refractivity contribution in [3.63, 3.8) is 0 Å². The van der Waals surface area contributed by atoms with Gasteiger partial charge in [0.25, 0.3) is 0 Å². The monoisotopic (exact) mass is 268 g/mol. The van der Waals surface area contributed by atoms with Gasteiger partial charge in [-0.2, -0.15) is 0 Å². The Kier molecular flexibility index (Phi) is 4.63. The Hall–Kier alpha value is -0.800. The minimum atomic E-state index is 0.645. The second kappa shape index (κ2) is 6.22. The lowest BCUT2D eigenvalue weighted by molar-refractivity contribution is 0.728. The van der Waals surface area contributed by atoms with Crippen LogP contribution in [0.2, 0.25) is 0 Å². The number of halogens is 1. The highest BCUT2D eigenvalue weighted by Crippen LogP contribution is 2.28. The third-order valence-electron chi connectivity index (χ3n) is 2.79. The van der Waals surface area contributed by atoms with Crippen LogP contribution in [0.15, 0.2) is 23.7 Å². The fourth-order valence-electron chi connectivity index (χ4n) is 1.91. The Labute approximate surface area is 111 Å². The summed E-state index contributed by atoms with van der Waals surface area (Å²) < 4.78 is 1.30. The zero-order chi connectivity index (χ0) is 12.1. The maximum Gasteiger partial charge on any atom is 0.137 e. The van der Waals surface area contributed by atoms with Gasteiger partial charge in [0.2, 0.25) is 0 Å². The minimum absolute atomic E-state index is 0.645. The molecule has 0 amide bonds. The lowest BCUT2D eigenvalue weighted by Gasteiger charge is -2.23. The molecule has 0 aliphatic heterocycles. The first kappa shape index (κ1) is 12.7. The fourth-order valence-corrected chi connectivity index (χ4v) is 2.89. The summed E-state index contributed by atoms with van der Waals surface area (Å²) in [4.78, 5) is 6.82. The SMILES string of the molecule is CCCCN(CCCl)c1nccc2sccc12. The van der Waals surface area contributed by atoms with Crippen molar-refractivity contribution >= 4 is 38.8 Å². The van der Waals surface area contributed by atoms with Gasteiger partial charge in [0.1, 0.15) is 5.82 Å². The van der Waals surface area contributed by atoms with Gasteiger partial charge in [0, 0.05) is 35.3 Å². The lowest BCUT2D eigenvalue weighted by atomic mass is 10.2. The average molecular weight is 269 g/mol. The van der Waals surface area contributed by atoms with Crippen LogP contribution in [0.25, 0.3) is 10.1 Å². The maximum atomic E-state index is 5.88. The van der Waals surface area contributed by atoms with Gasteiger partial charge >= 0.3 is 0 Å². The Morgan fingerprint density at radius 3 is 3.00 bits per heavy atom. The summed E-state index contributed by atoms with van der Waals surface area (Å²) in [6, 6.07) is 4.22. The second-order valence-corrected chi connectivity index (χ2v) is 5.32.